The van der Waals surface area contributed by atoms with Gasteiger partial charge in [0.05, 0.1) is 6.61 Å². The van der Waals surface area contributed by atoms with Crippen molar-refractivity contribution in [1.29, 1.82) is 0 Å². The molecular formula is C9H9F4NOS. The molecule has 1 rings (SSSR count). The summed E-state index contributed by atoms with van der Waals surface area (Å²) in [4.78, 5) is 0.250. The van der Waals surface area contributed by atoms with Crippen molar-refractivity contribution in [3.05, 3.63) is 24.0 Å². The van der Waals surface area contributed by atoms with Crippen LogP contribution in [0.4, 0.5) is 23.2 Å². The molecule has 0 aliphatic carbocycles. The van der Waals surface area contributed by atoms with Crippen LogP contribution in [0.2, 0.25) is 0 Å². The minimum Gasteiger partial charge on any atom is -0.399 e. The Morgan fingerprint density at radius 1 is 1.31 bits per heavy atom. The zero-order chi connectivity index (χ0) is 12.2. The van der Waals surface area contributed by atoms with E-state index in [9.17, 15) is 17.6 Å². The molecule has 0 unspecified atom stereocenters. The molecular weight excluding hydrogens is 246 g/mol. The molecule has 0 radical (unpaired) electrons. The first kappa shape index (κ1) is 13.1. The van der Waals surface area contributed by atoms with Gasteiger partial charge in [-0.15, -0.1) is 24.9 Å². The van der Waals surface area contributed by atoms with Crippen LogP contribution in [0.15, 0.2) is 23.1 Å². The Labute approximate surface area is 93.8 Å². The zero-order valence-electron chi connectivity index (χ0n) is 8.05. The number of rotatable bonds is 4. The Kier molecular flexibility index (Phi) is 4.43. The third kappa shape index (κ3) is 4.71. The van der Waals surface area contributed by atoms with Crippen LogP contribution >= 0.6 is 11.8 Å². The first-order valence-corrected chi connectivity index (χ1v) is 5.25. The van der Waals surface area contributed by atoms with Crippen LogP contribution in [-0.4, -0.2) is 18.7 Å². The van der Waals surface area contributed by atoms with Crippen LogP contribution < -0.4 is 5.73 Å². The van der Waals surface area contributed by atoms with Crippen molar-refractivity contribution >= 4 is 17.4 Å². The van der Waals surface area contributed by atoms with Gasteiger partial charge in [0.2, 0.25) is 0 Å². The highest BCUT2D eigenvalue weighted by atomic mass is 32.2. The van der Waals surface area contributed by atoms with Gasteiger partial charge in [0, 0.05) is 16.3 Å². The fourth-order valence-corrected chi connectivity index (χ4v) is 1.69. The highest BCUT2D eigenvalue weighted by Crippen LogP contribution is 2.24. The third-order valence-corrected chi connectivity index (χ3v) is 2.58. The summed E-state index contributed by atoms with van der Waals surface area (Å²) >= 11 is 0.941. The SMILES string of the molecule is Nc1ccc(SCCOC(F)(F)F)c(F)c1. The molecule has 0 atom stereocenters. The minimum atomic E-state index is -4.64. The molecule has 0 spiro atoms. The van der Waals surface area contributed by atoms with E-state index < -0.39 is 18.8 Å². The van der Waals surface area contributed by atoms with E-state index in [1.165, 1.54) is 12.1 Å². The average Bonchev–Trinajstić information content (AvgIpc) is 2.13. The molecule has 1 aromatic carbocycles. The van der Waals surface area contributed by atoms with Crippen LogP contribution in [0.1, 0.15) is 0 Å². The molecule has 0 saturated carbocycles. The highest BCUT2D eigenvalue weighted by molar-refractivity contribution is 7.99. The second kappa shape index (κ2) is 5.40. The summed E-state index contributed by atoms with van der Waals surface area (Å²) in [6.45, 7) is -0.516. The Hall–Kier alpha value is -0.950. The summed E-state index contributed by atoms with van der Waals surface area (Å²) in [6, 6.07) is 4.02. The lowest BCUT2D eigenvalue weighted by atomic mass is 10.3. The van der Waals surface area contributed by atoms with Gasteiger partial charge in [-0.1, -0.05) is 0 Å². The highest BCUT2D eigenvalue weighted by Gasteiger charge is 2.28. The average molecular weight is 255 g/mol. The smallest absolute Gasteiger partial charge is 0.399 e. The molecule has 0 aromatic heterocycles. The van der Waals surface area contributed by atoms with E-state index in [0.717, 1.165) is 17.8 Å². The van der Waals surface area contributed by atoms with Crippen LogP contribution in [0.25, 0.3) is 0 Å². The summed E-state index contributed by atoms with van der Waals surface area (Å²) in [6.07, 6.45) is -4.64. The number of halogens is 4. The summed E-state index contributed by atoms with van der Waals surface area (Å²) in [5, 5.41) is 0. The minimum absolute atomic E-state index is 0.0142. The number of anilines is 1. The van der Waals surface area contributed by atoms with Gasteiger partial charge in [0.1, 0.15) is 5.82 Å². The number of hydrogen-bond acceptors (Lipinski definition) is 3. The van der Waals surface area contributed by atoms with Gasteiger partial charge in [-0.3, -0.25) is 4.74 Å². The fourth-order valence-electron chi connectivity index (χ4n) is 0.943. The van der Waals surface area contributed by atoms with Gasteiger partial charge in [-0.25, -0.2) is 4.39 Å². The van der Waals surface area contributed by atoms with E-state index in [1.807, 2.05) is 0 Å². The number of alkyl halides is 3. The summed E-state index contributed by atoms with van der Waals surface area (Å²) in [5.74, 6) is -0.530. The van der Waals surface area contributed by atoms with Crippen molar-refractivity contribution in [3.63, 3.8) is 0 Å². The van der Waals surface area contributed by atoms with Crippen molar-refractivity contribution in [2.24, 2.45) is 0 Å². The van der Waals surface area contributed by atoms with Gasteiger partial charge >= 0.3 is 6.36 Å². The van der Waals surface area contributed by atoms with Gasteiger partial charge in [-0.05, 0) is 18.2 Å². The molecule has 0 saturated heterocycles. The standard InChI is InChI=1S/C9H9F4NOS/c10-7-5-6(14)1-2-8(7)16-4-3-15-9(11,12)13/h1-2,5H,3-4,14H2. The van der Waals surface area contributed by atoms with Crippen molar-refractivity contribution in [1.82, 2.24) is 0 Å². The second-order valence-corrected chi connectivity index (χ2v) is 3.97. The molecule has 0 bridgehead atoms. The Balaban J connectivity index is 2.38. The lowest BCUT2D eigenvalue weighted by Gasteiger charge is -2.07. The van der Waals surface area contributed by atoms with Crippen LogP contribution in [0.3, 0.4) is 0 Å². The number of ether oxygens (including phenoxy) is 1. The number of nitrogens with two attached hydrogens (primary N) is 1. The van der Waals surface area contributed by atoms with Crippen LogP contribution in [0, 0.1) is 5.82 Å². The van der Waals surface area contributed by atoms with E-state index in [1.54, 1.807) is 0 Å². The predicted molar refractivity (Wildman–Crippen MR) is 53.5 cm³/mol. The summed E-state index contributed by atoms with van der Waals surface area (Å²) in [7, 11) is 0. The first-order chi connectivity index (χ1) is 7.38. The lowest BCUT2D eigenvalue weighted by Crippen LogP contribution is -2.15. The Bertz CT molecular complexity index is 356. The Morgan fingerprint density at radius 3 is 2.56 bits per heavy atom. The van der Waals surface area contributed by atoms with Crippen molar-refractivity contribution in [2.45, 2.75) is 11.3 Å². The molecule has 0 aliphatic heterocycles. The molecule has 2 N–H and O–H groups in total. The number of benzene rings is 1. The van der Waals surface area contributed by atoms with Gasteiger partial charge in [-0.2, -0.15) is 0 Å². The molecule has 1 aromatic rings. The quantitative estimate of drug-likeness (QED) is 0.389. The largest absolute Gasteiger partial charge is 0.522 e. The van der Waals surface area contributed by atoms with Crippen LogP contribution in [0.5, 0.6) is 0 Å². The monoisotopic (exact) mass is 255 g/mol. The van der Waals surface area contributed by atoms with E-state index in [0.29, 0.717) is 0 Å². The van der Waals surface area contributed by atoms with E-state index >= 15 is 0 Å². The summed E-state index contributed by atoms with van der Waals surface area (Å²) in [5.41, 5.74) is 5.59. The van der Waals surface area contributed by atoms with Gasteiger partial charge < -0.3 is 5.73 Å². The predicted octanol–water partition coefficient (Wildman–Crippen LogP) is 3.04. The molecule has 90 valence electrons. The maximum Gasteiger partial charge on any atom is 0.522 e. The van der Waals surface area contributed by atoms with Gasteiger partial charge in [0.15, 0.2) is 0 Å². The fraction of sp³-hybridized carbons (Fsp3) is 0.333. The Morgan fingerprint density at radius 2 is 2.00 bits per heavy atom. The molecule has 0 heterocycles. The number of thioether (sulfide) groups is 1. The number of hydrogen-bond donors (Lipinski definition) is 1. The van der Waals surface area contributed by atoms with Crippen molar-refractivity contribution in [3.8, 4) is 0 Å². The van der Waals surface area contributed by atoms with E-state index in [2.05, 4.69) is 4.74 Å². The molecule has 7 heteroatoms. The topological polar surface area (TPSA) is 35.2 Å². The zero-order valence-corrected chi connectivity index (χ0v) is 8.87. The molecule has 2 nitrogen and oxygen atoms in total. The van der Waals surface area contributed by atoms with E-state index in [-0.39, 0.29) is 16.3 Å². The van der Waals surface area contributed by atoms with Crippen LogP contribution in [-0.2, 0) is 4.74 Å². The van der Waals surface area contributed by atoms with E-state index in [4.69, 9.17) is 5.73 Å². The van der Waals surface area contributed by atoms with Gasteiger partial charge in [0.25, 0.3) is 0 Å². The first-order valence-electron chi connectivity index (χ1n) is 4.27. The third-order valence-electron chi connectivity index (χ3n) is 1.56. The molecule has 0 fully saturated rings. The maximum atomic E-state index is 13.1. The van der Waals surface area contributed by atoms with Crippen molar-refractivity contribution < 1.29 is 22.3 Å². The molecule has 0 amide bonds. The molecule has 0 aliphatic rings. The molecule has 16 heavy (non-hydrogen) atoms. The second-order valence-electron chi connectivity index (χ2n) is 2.83. The maximum absolute atomic E-state index is 13.1. The van der Waals surface area contributed by atoms with Crippen molar-refractivity contribution in [2.75, 3.05) is 18.1 Å². The summed E-state index contributed by atoms with van der Waals surface area (Å²) < 4.78 is 51.5. The lowest BCUT2D eigenvalue weighted by molar-refractivity contribution is -0.322. The number of nitrogen functional groups attached to an aromatic ring is 1. The normalized spacial score (nSPS) is 11.8.